The van der Waals surface area contributed by atoms with Crippen molar-refractivity contribution < 1.29 is 29.1 Å². The summed E-state index contributed by atoms with van der Waals surface area (Å²) in [5.74, 6) is -2.87. The molecule has 0 aromatic rings. The Kier molecular flexibility index (Phi) is 28.0. The van der Waals surface area contributed by atoms with Crippen LogP contribution in [0.4, 0.5) is 0 Å². The van der Waals surface area contributed by atoms with Gasteiger partial charge in [-0.15, -0.1) is 0 Å². The number of unbranched alkanes of at least 4 members (excludes halogenated alkanes) is 12. The Bertz CT molecular complexity index is 1100. The maximum absolute atomic E-state index is 13.6. The SMILES string of the molecule is CCCCCCCCCCCCCCCC(=O)N[C@@H](CCCNC(=N)N)C(=O)N[C@H](C(=O)N[C@@H](CC(C)C)C(=O)N[C@@H](C)C(=O)N[C@H](C)[C@@H](C)O)C(C)C. The fraction of sp³-hybridized carbons (Fsp3) is 0.850. The summed E-state index contributed by atoms with van der Waals surface area (Å²) in [6.07, 6.45) is 16.1. The quantitative estimate of drug-likeness (QED) is 0.0281. The monoisotopic (exact) mass is 767 g/mol. The van der Waals surface area contributed by atoms with Gasteiger partial charge in [-0.25, -0.2) is 0 Å². The van der Waals surface area contributed by atoms with Crippen molar-refractivity contribution in [3.8, 4) is 0 Å². The van der Waals surface area contributed by atoms with Gasteiger partial charge in [-0.05, 0) is 58.3 Å². The number of amides is 5. The van der Waals surface area contributed by atoms with Crippen LogP contribution in [0.5, 0.6) is 0 Å². The molecule has 314 valence electrons. The van der Waals surface area contributed by atoms with Crippen LogP contribution in [0.25, 0.3) is 0 Å². The molecule has 0 aromatic heterocycles. The molecule has 0 radical (unpaired) electrons. The number of aliphatic hydroxyl groups is 1. The lowest BCUT2D eigenvalue weighted by Crippen LogP contribution is -2.59. The van der Waals surface area contributed by atoms with Crippen molar-refractivity contribution in [1.82, 2.24) is 31.9 Å². The van der Waals surface area contributed by atoms with Gasteiger partial charge < -0.3 is 42.7 Å². The largest absolute Gasteiger partial charge is 0.391 e. The standard InChI is InChI=1S/C40H78N8O6/c1-9-10-11-12-13-14-15-16-17-18-19-20-21-24-34(50)46-32(23-22-25-43-40(41)42)37(52)48-35(28(4)5)39(54)47-33(26-27(2)3)38(53)45-30(7)36(51)44-29(6)31(8)49/h27-33,35,49H,9-26H2,1-8H3,(H,44,51)(H,45,53)(H,46,50)(H,47,54)(H,48,52)(H4,41,42,43)/t29-,30+,31-,32+,33+,35+/m1/s1. The Labute approximate surface area is 326 Å². The van der Waals surface area contributed by atoms with Crippen molar-refractivity contribution in [2.45, 2.75) is 201 Å². The number of carbonyl (C=O) groups excluding carboxylic acids is 5. The predicted octanol–water partition coefficient (Wildman–Crippen LogP) is 4.28. The Morgan fingerprint density at radius 2 is 1.13 bits per heavy atom. The summed E-state index contributed by atoms with van der Waals surface area (Å²) < 4.78 is 0. The molecular formula is C40H78N8O6. The van der Waals surface area contributed by atoms with E-state index in [-0.39, 0.29) is 36.5 Å². The molecule has 0 saturated heterocycles. The van der Waals surface area contributed by atoms with Crippen LogP contribution in [-0.4, -0.2) is 83.5 Å². The highest BCUT2D eigenvalue weighted by atomic mass is 16.3. The second kappa shape index (κ2) is 29.9. The van der Waals surface area contributed by atoms with Gasteiger partial charge in [-0.2, -0.15) is 0 Å². The molecular weight excluding hydrogens is 688 g/mol. The third-order valence-electron chi connectivity index (χ3n) is 9.58. The van der Waals surface area contributed by atoms with Crippen LogP contribution in [0.1, 0.15) is 165 Å². The summed E-state index contributed by atoms with van der Waals surface area (Å²) in [4.78, 5) is 66.1. The summed E-state index contributed by atoms with van der Waals surface area (Å²) in [6.45, 7) is 14.7. The molecule has 10 N–H and O–H groups in total. The maximum atomic E-state index is 13.6. The molecule has 0 heterocycles. The van der Waals surface area contributed by atoms with E-state index in [9.17, 15) is 29.1 Å². The number of nitrogens with two attached hydrogens (primary N) is 1. The second-order valence-corrected chi connectivity index (χ2v) is 15.8. The third-order valence-corrected chi connectivity index (χ3v) is 9.58. The highest BCUT2D eigenvalue weighted by molar-refractivity contribution is 5.95. The molecule has 0 aliphatic heterocycles. The zero-order valence-electron chi connectivity index (χ0n) is 34.9. The first-order valence-electron chi connectivity index (χ1n) is 20.8. The van der Waals surface area contributed by atoms with Crippen LogP contribution in [0, 0.1) is 17.2 Å². The fourth-order valence-electron chi connectivity index (χ4n) is 5.97. The summed E-state index contributed by atoms with van der Waals surface area (Å²) in [7, 11) is 0. The van der Waals surface area contributed by atoms with Gasteiger partial charge in [0.25, 0.3) is 0 Å². The van der Waals surface area contributed by atoms with Crippen molar-refractivity contribution in [2.75, 3.05) is 6.54 Å². The Morgan fingerprint density at radius 3 is 1.61 bits per heavy atom. The minimum Gasteiger partial charge on any atom is -0.391 e. The highest BCUT2D eigenvalue weighted by Gasteiger charge is 2.32. The summed E-state index contributed by atoms with van der Waals surface area (Å²) in [6, 6.07) is -4.35. The number of aliphatic hydroxyl groups excluding tert-OH is 1. The van der Waals surface area contributed by atoms with Crippen LogP contribution in [-0.2, 0) is 24.0 Å². The van der Waals surface area contributed by atoms with Crippen molar-refractivity contribution in [1.29, 1.82) is 5.41 Å². The molecule has 6 atom stereocenters. The topological polar surface area (TPSA) is 228 Å². The number of nitrogens with one attached hydrogen (secondary N) is 7. The van der Waals surface area contributed by atoms with Crippen molar-refractivity contribution >= 4 is 35.5 Å². The lowest BCUT2D eigenvalue weighted by atomic mass is 9.99. The van der Waals surface area contributed by atoms with Crippen molar-refractivity contribution in [3.63, 3.8) is 0 Å². The average Bonchev–Trinajstić information content (AvgIpc) is 3.09. The molecule has 0 aromatic carbocycles. The number of guanidine groups is 1. The van der Waals surface area contributed by atoms with Crippen LogP contribution in [0.2, 0.25) is 0 Å². The van der Waals surface area contributed by atoms with Gasteiger partial charge in [-0.1, -0.05) is 112 Å². The molecule has 0 bridgehead atoms. The first kappa shape index (κ1) is 50.6. The molecule has 0 saturated carbocycles. The number of carbonyl (C=O) groups is 5. The highest BCUT2D eigenvalue weighted by Crippen LogP contribution is 2.14. The van der Waals surface area contributed by atoms with E-state index in [0.29, 0.717) is 19.4 Å². The van der Waals surface area contributed by atoms with E-state index >= 15 is 0 Å². The van der Waals surface area contributed by atoms with Gasteiger partial charge in [0.15, 0.2) is 5.96 Å². The van der Waals surface area contributed by atoms with Crippen LogP contribution in [0.15, 0.2) is 0 Å². The molecule has 0 aliphatic rings. The molecule has 54 heavy (non-hydrogen) atoms. The van der Waals surface area contributed by atoms with E-state index in [1.807, 2.05) is 13.8 Å². The van der Waals surface area contributed by atoms with E-state index in [4.69, 9.17) is 11.1 Å². The van der Waals surface area contributed by atoms with Gasteiger partial charge >= 0.3 is 0 Å². The van der Waals surface area contributed by atoms with Crippen LogP contribution >= 0.6 is 0 Å². The zero-order valence-corrected chi connectivity index (χ0v) is 34.9. The molecule has 0 spiro atoms. The smallest absolute Gasteiger partial charge is 0.243 e. The summed E-state index contributed by atoms with van der Waals surface area (Å²) >= 11 is 0. The van der Waals surface area contributed by atoms with Gasteiger partial charge in [0.1, 0.15) is 24.2 Å². The van der Waals surface area contributed by atoms with Gasteiger partial charge in [-0.3, -0.25) is 29.4 Å². The molecule has 5 amide bonds. The molecule has 0 rings (SSSR count). The molecule has 0 unspecified atom stereocenters. The van der Waals surface area contributed by atoms with E-state index in [2.05, 4.69) is 38.8 Å². The molecule has 0 fully saturated rings. The molecule has 0 aliphatic carbocycles. The lowest BCUT2D eigenvalue weighted by Gasteiger charge is -2.28. The number of hydrogen-bond donors (Lipinski definition) is 9. The predicted molar refractivity (Wildman–Crippen MR) is 216 cm³/mol. The van der Waals surface area contributed by atoms with Crippen LogP contribution in [0.3, 0.4) is 0 Å². The van der Waals surface area contributed by atoms with E-state index in [1.54, 1.807) is 27.7 Å². The minimum atomic E-state index is -1.01. The first-order valence-corrected chi connectivity index (χ1v) is 20.8. The van der Waals surface area contributed by atoms with Crippen LogP contribution < -0.4 is 37.6 Å². The van der Waals surface area contributed by atoms with E-state index < -0.39 is 59.9 Å². The number of rotatable bonds is 31. The van der Waals surface area contributed by atoms with Crippen molar-refractivity contribution in [2.24, 2.45) is 17.6 Å². The lowest BCUT2D eigenvalue weighted by molar-refractivity contribution is -0.135. The Hall–Kier alpha value is -3.42. The second-order valence-electron chi connectivity index (χ2n) is 15.8. The van der Waals surface area contributed by atoms with Crippen molar-refractivity contribution in [3.05, 3.63) is 0 Å². The fourth-order valence-corrected chi connectivity index (χ4v) is 5.97. The van der Waals surface area contributed by atoms with Gasteiger partial charge in [0.05, 0.1) is 12.1 Å². The zero-order chi connectivity index (χ0) is 41.1. The molecule has 14 heteroatoms. The normalized spacial score (nSPS) is 14.6. The Balaban J connectivity index is 5.29. The molecule has 14 nitrogen and oxygen atoms in total. The van der Waals surface area contributed by atoms with Gasteiger partial charge in [0, 0.05) is 13.0 Å². The number of hydrogen-bond acceptors (Lipinski definition) is 7. The summed E-state index contributed by atoms with van der Waals surface area (Å²) in [5.41, 5.74) is 5.41. The van der Waals surface area contributed by atoms with Gasteiger partial charge in [0.2, 0.25) is 29.5 Å². The Morgan fingerprint density at radius 1 is 0.611 bits per heavy atom. The van der Waals surface area contributed by atoms with E-state index in [0.717, 1.165) is 25.7 Å². The average molecular weight is 767 g/mol. The maximum Gasteiger partial charge on any atom is 0.243 e. The van der Waals surface area contributed by atoms with E-state index in [1.165, 1.54) is 64.7 Å². The third kappa shape index (κ3) is 24.8. The minimum absolute atomic E-state index is 0.0191. The first-order chi connectivity index (χ1) is 25.5. The summed E-state index contributed by atoms with van der Waals surface area (Å²) in [5, 5.41) is 33.6.